The highest BCUT2D eigenvalue weighted by Gasteiger charge is 2.23. The van der Waals surface area contributed by atoms with E-state index in [1.54, 1.807) is 0 Å². The molecule has 3 heterocycles. The zero-order valence-corrected chi connectivity index (χ0v) is 14.1. The fourth-order valence-electron chi connectivity index (χ4n) is 2.39. The maximum atomic E-state index is 12.0. The number of hydrogen-bond donors (Lipinski definition) is 1. The van der Waals surface area contributed by atoms with Crippen LogP contribution in [0, 0.1) is 0 Å². The lowest BCUT2D eigenvalue weighted by Gasteiger charge is -2.13. The van der Waals surface area contributed by atoms with Crippen LogP contribution in [0.1, 0.15) is 0 Å². The first-order chi connectivity index (χ1) is 11.7. The van der Waals surface area contributed by atoms with Gasteiger partial charge in [-0.25, -0.2) is 4.98 Å². The molecule has 0 spiro atoms. The number of fused-ring (bicyclic) bond motifs is 1. The lowest BCUT2D eigenvalue weighted by atomic mass is 10.1. The third-order valence-electron chi connectivity index (χ3n) is 3.58. The number of nitrogens with zero attached hydrogens (tertiary/aromatic N) is 2. The molecule has 2 aliphatic rings. The standard InChI is InChI=1S/C15H13N3O4S2/c19-13(4-18-7-23-6-14(18)20)17-15-16-10(5-24-15)9-1-2-11-12(3-9)22-8-21-11/h1-3,5H,4,6-8H2,(H,16,17,19). The number of anilines is 1. The van der Waals surface area contributed by atoms with Crippen molar-refractivity contribution in [1.29, 1.82) is 0 Å². The highest BCUT2D eigenvalue weighted by molar-refractivity contribution is 8.00. The molecule has 1 fully saturated rings. The molecular weight excluding hydrogens is 350 g/mol. The van der Waals surface area contributed by atoms with Gasteiger partial charge in [-0.2, -0.15) is 0 Å². The minimum absolute atomic E-state index is 0.00432. The van der Waals surface area contributed by atoms with Crippen molar-refractivity contribution < 1.29 is 19.1 Å². The van der Waals surface area contributed by atoms with Gasteiger partial charge < -0.3 is 19.7 Å². The molecule has 4 rings (SSSR count). The van der Waals surface area contributed by atoms with Gasteiger partial charge in [0.1, 0.15) is 6.54 Å². The van der Waals surface area contributed by atoms with Crippen LogP contribution in [0.5, 0.6) is 11.5 Å². The SMILES string of the molecule is O=C(CN1CSCC1=O)Nc1nc(-c2ccc3c(c2)OCO3)cs1. The largest absolute Gasteiger partial charge is 0.454 e. The second-order valence-corrected chi connectivity index (χ2v) is 7.04. The Balaban J connectivity index is 1.43. The molecule has 0 aliphatic carbocycles. The van der Waals surface area contributed by atoms with E-state index in [0.29, 0.717) is 22.5 Å². The first-order valence-electron chi connectivity index (χ1n) is 7.20. The topological polar surface area (TPSA) is 80.8 Å². The average molecular weight is 363 g/mol. The molecule has 0 saturated carbocycles. The van der Waals surface area contributed by atoms with Crippen molar-refractivity contribution >= 4 is 40.0 Å². The molecule has 0 unspecified atom stereocenters. The van der Waals surface area contributed by atoms with E-state index in [0.717, 1.165) is 17.0 Å². The van der Waals surface area contributed by atoms with Gasteiger partial charge in [-0.1, -0.05) is 0 Å². The molecule has 7 nitrogen and oxygen atoms in total. The summed E-state index contributed by atoms with van der Waals surface area (Å²) in [4.78, 5) is 29.5. The van der Waals surface area contributed by atoms with Crippen molar-refractivity contribution in [1.82, 2.24) is 9.88 Å². The van der Waals surface area contributed by atoms with Crippen LogP contribution in [-0.4, -0.2) is 46.7 Å². The van der Waals surface area contributed by atoms with Gasteiger partial charge in [-0.05, 0) is 18.2 Å². The van der Waals surface area contributed by atoms with E-state index in [9.17, 15) is 9.59 Å². The number of benzene rings is 1. The number of thioether (sulfide) groups is 1. The molecule has 24 heavy (non-hydrogen) atoms. The molecule has 2 aromatic rings. The quantitative estimate of drug-likeness (QED) is 0.895. The van der Waals surface area contributed by atoms with Crippen molar-refractivity contribution in [3.05, 3.63) is 23.6 Å². The molecule has 1 aromatic heterocycles. The third kappa shape index (κ3) is 3.04. The van der Waals surface area contributed by atoms with Crippen molar-refractivity contribution in [2.75, 3.05) is 30.3 Å². The van der Waals surface area contributed by atoms with Gasteiger partial charge in [-0.3, -0.25) is 9.59 Å². The number of nitrogens with one attached hydrogen (secondary N) is 1. The Morgan fingerprint density at radius 2 is 2.21 bits per heavy atom. The van der Waals surface area contributed by atoms with E-state index < -0.39 is 0 Å². The number of thiazole rings is 1. The Labute approximate surface area is 146 Å². The van der Waals surface area contributed by atoms with E-state index in [1.165, 1.54) is 28.0 Å². The summed E-state index contributed by atoms with van der Waals surface area (Å²) in [7, 11) is 0. The third-order valence-corrected chi connectivity index (χ3v) is 5.28. The number of ether oxygens (including phenoxy) is 2. The van der Waals surface area contributed by atoms with Gasteiger partial charge in [0.25, 0.3) is 0 Å². The van der Waals surface area contributed by atoms with Crippen LogP contribution in [0.2, 0.25) is 0 Å². The van der Waals surface area contributed by atoms with Gasteiger partial charge in [0.05, 0.1) is 17.3 Å². The van der Waals surface area contributed by atoms with Crippen LogP contribution in [0.4, 0.5) is 5.13 Å². The van der Waals surface area contributed by atoms with E-state index in [-0.39, 0.29) is 25.2 Å². The van der Waals surface area contributed by atoms with Crippen LogP contribution in [-0.2, 0) is 9.59 Å². The number of hydrogen-bond acceptors (Lipinski definition) is 7. The summed E-state index contributed by atoms with van der Waals surface area (Å²) >= 11 is 2.85. The Morgan fingerprint density at radius 1 is 1.33 bits per heavy atom. The second-order valence-electron chi connectivity index (χ2n) is 5.22. The van der Waals surface area contributed by atoms with Crippen LogP contribution in [0.15, 0.2) is 23.6 Å². The minimum Gasteiger partial charge on any atom is -0.454 e. The predicted octanol–water partition coefficient (Wildman–Crippen LogP) is 2.01. The number of amides is 2. The van der Waals surface area contributed by atoms with Crippen molar-refractivity contribution in [2.24, 2.45) is 0 Å². The fourth-order valence-corrected chi connectivity index (χ4v) is 4.03. The lowest BCUT2D eigenvalue weighted by molar-refractivity contribution is -0.130. The summed E-state index contributed by atoms with van der Waals surface area (Å²) in [6.45, 7) is 0.287. The first kappa shape index (κ1) is 15.3. The molecule has 9 heteroatoms. The highest BCUT2D eigenvalue weighted by atomic mass is 32.2. The van der Waals surface area contributed by atoms with Crippen LogP contribution >= 0.6 is 23.1 Å². The number of carbonyl (C=O) groups excluding carboxylic acids is 2. The summed E-state index contributed by atoms with van der Waals surface area (Å²) in [5, 5.41) is 5.11. The summed E-state index contributed by atoms with van der Waals surface area (Å²) in [5.41, 5.74) is 1.64. The van der Waals surface area contributed by atoms with E-state index in [1.807, 2.05) is 23.6 Å². The summed E-state index contributed by atoms with van der Waals surface area (Å²) in [6, 6.07) is 5.60. The number of rotatable bonds is 4. The molecule has 0 atom stereocenters. The number of aromatic nitrogens is 1. The summed E-state index contributed by atoms with van der Waals surface area (Å²) < 4.78 is 10.6. The van der Waals surface area contributed by atoms with Crippen molar-refractivity contribution in [2.45, 2.75) is 0 Å². The second kappa shape index (κ2) is 6.33. The Morgan fingerprint density at radius 3 is 3.04 bits per heavy atom. The van der Waals surface area contributed by atoms with Gasteiger partial charge in [0.15, 0.2) is 16.6 Å². The van der Waals surface area contributed by atoms with E-state index in [4.69, 9.17) is 9.47 Å². The average Bonchev–Trinajstić information content (AvgIpc) is 3.28. The molecule has 1 aromatic carbocycles. The lowest BCUT2D eigenvalue weighted by Crippen LogP contribution is -2.34. The smallest absolute Gasteiger partial charge is 0.245 e. The summed E-state index contributed by atoms with van der Waals surface area (Å²) in [6.07, 6.45) is 0. The van der Waals surface area contributed by atoms with Crippen LogP contribution < -0.4 is 14.8 Å². The predicted molar refractivity (Wildman–Crippen MR) is 91.3 cm³/mol. The van der Waals surface area contributed by atoms with E-state index >= 15 is 0 Å². The van der Waals surface area contributed by atoms with Gasteiger partial charge >= 0.3 is 0 Å². The summed E-state index contributed by atoms with van der Waals surface area (Å²) in [5.74, 6) is 2.17. The van der Waals surface area contributed by atoms with Crippen molar-refractivity contribution in [3.63, 3.8) is 0 Å². The Bertz CT molecular complexity index is 808. The van der Waals surface area contributed by atoms with E-state index in [2.05, 4.69) is 10.3 Å². The van der Waals surface area contributed by atoms with Crippen LogP contribution in [0.3, 0.4) is 0 Å². The van der Waals surface area contributed by atoms with Crippen molar-refractivity contribution in [3.8, 4) is 22.8 Å². The molecule has 124 valence electrons. The normalized spacial score (nSPS) is 15.8. The molecule has 0 bridgehead atoms. The van der Waals surface area contributed by atoms with Gasteiger partial charge in [0, 0.05) is 10.9 Å². The maximum Gasteiger partial charge on any atom is 0.245 e. The minimum atomic E-state index is -0.238. The molecular formula is C15H13N3O4S2. The monoisotopic (exact) mass is 363 g/mol. The zero-order valence-electron chi connectivity index (χ0n) is 12.5. The van der Waals surface area contributed by atoms with Crippen LogP contribution in [0.25, 0.3) is 11.3 Å². The Hall–Kier alpha value is -2.26. The van der Waals surface area contributed by atoms with Gasteiger partial charge in [-0.15, -0.1) is 23.1 Å². The maximum absolute atomic E-state index is 12.0. The molecule has 0 radical (unpaired) electrons. The molecule has 1 saturated heterocycles. The zero-order chi connectivity index (χ0) is 16.5. The first-order valence-corrected chi connectivity index (χ1v) is 9.23. The Kier molecular flexibility index (Phi) is 4.03. The molecule has 2 aliphatic heterocycles. The highest BCUT2D eigenvalue weighted by Crippen LogP contribution is 2.36. The fraction of sp³-hybridized carbons (Fsp3) is 0.267. The number of carbonyl (C=O) groups is 2. The molecule has 1 N–H and O–H groups in total. The van der Waals surface area contributed by atoms with Gasteiger partial charge in [0.2, 0.25) is 18.6 Å². The molecule has 2 amide bonds.